The molecule has 1 saturated heterocycles. The van der Waals surface area contributed by atoms with Gasteiger partial charge in [-0.3, -0.25) is 4.79 Å². The van der Waals surface area contributed by atoms with Gasteiger partial charge in [-0.15, -0.1) is 0 Å². The van der Waals surface area contributed by atoms with Crippen LogP contribution in [0.2, 0.25) is 0 Å². The number of rotatable bonds is 5. The molecule has 1 fully saturated rings. The number of ether oxygens (including phenoxy) is 1. The average molecular weight is 394 g/mol. The third-order valence-corrected chi connectivity index (χ3v) is 4.96. The van der Waals surface area contributed by atoms with E-state index in [2.05, 4.69) is 10.00 Å². The Kier molecular flexibility index (Phi) is 5.46. The number of carbonyl (C=O) groups is 1. The lowest BCUT2D eigenvalue weighted by atomic mass is 10.2. The van der Waals surface area contributed by atoms with E-state index in [0.717, 1.165) is 24.5 Å². The van der Waals surface area contributed by atoms with Gasteiger partial charge in [0.1, 0.15) is 11.6 Å². The quantitative estimate of drug-likeness (QED) is 0.666. The highest BCUT2D eigenvalue weighted by Crippen LogP contribution is 2.21. The summed E-state index contributed by atoms with van der Waals surface area (Å²) in [5, 5.41) is 4.33. The summed E-state index contributed by atoms with van der Waals surface area (Å²) in [6.07, 6.45) is 1.68. The maximum absolute atomic E-state index is 13.4. The van der Waals surface area contributed by atoms with Crippen molar-refractivity contribution in [3.05, 3.63) is 72.3 Å². The van der Waals surface area contributed by atoms with Gasteiger partial charge in [-0.25, -0.2) is 9.07 Å². The van der Waals surface area contributed by atoms with Crippen molar-refractivity contribution in [1.29, 1.82) is 0 Å². The predicted molar refractivity (Wildman–Crippen MR) is 109 cm³/mol. The van der Waals surface area contributed by atoms with Crippen molar-refractivity contribution in [2.45, 2.75) is 6.92 Å². The minimum Gasteiger partial charge on any atom is -0.494 e. The Morgan fingerprint density at radius 2 is 1.79 bits per heavy atom. The van der Waals surface area contributed by atoms with Gasteiger partial charge >= 0.3 is 0 Å². The molecule has 0 bridgehead atoms. The lowest BCUT2D eigenvalue weighted by Crippen LogP contribution is -2.48. The number of benzene rings is 2. The van der Waals surface area contributed by atoms with E-state index in [9.17, 15) is 9.18 Å². The monoisotopic (exact) mass is 394 g/mol. The molecule has 6 nitrogen and oxygen atoms in total. The molecule has 2 aromatic carbocycles. The molecule has 2 heterocycles. The first-order valence-electron chi connectivity index (χ1n) is 9.73. The van der Waals surface area contributed by atoms with E-state index in [1.54, 1.807) is 24.4 Å². The Morgan fingerprint density at radius 3 is 2.48 bits per heavy atom. The lowest BCUT2D eigenvalue weighted by molar-refractivity contribution is 0.0740. The van der Waals surface area contributed by atoms with Crippen LogP contribution in [-0.4, -0.2) is 53.4 Å². The maximum atomic E-state index is 13.4. The smallest absolute Gasteiger partial charge is 0.274 e. The Labute approximate surface area is 169 Å². The van der Waals surface area contributed by atoms with E-state index in [0.29, 0.717) is 31.1 Å². The van der Waals surface area contributed by atoms with Gasteiger partial charge in [-0.1, -0.05) is 6.07 Å². The van der Waals surface area contributed by atoms with Crippen LogP contribution in [-0.2, 0) is 0 Å². The van der Waals surface area contributed by atoms with E-state index in [1.165, 1.54) is 16.8 Å². The molecule has 0 saturated carbocycles. The molecule has 1 aliphatic heterocycles. The zero-order chi connectivity index (χ0) is 20.2. The van der Waals surface area contributed by atoms with Gasteiger partial charge in [0.05, 0.1) is 12.3 Å². The SMILES string of the molecule is CCOc1ccc(N2CCN(C(=O)c3ccn(-c4cccc(F)c4)n3)CC2)cc1. The molecule has 0 N–H and O–H groups in total. The summed E-state index contributed by atoms with van der Waals surface area (Å²) >= 11 is 0. The van der Waals surface area contributed by atoms with Gasteiger partial charge in [-0.05, 0) is 55.5 Å². The second-order valence-corrected chi connectivity index (χ2v) is 6.83. The Morgan fingerprint density at radius 1 is 1.03 bits per heavy atom. The number of carbonyl (C=O) groups excluding carboxylic acids is 1. The topological polar surface area (TPSA) is 50.6 Å². The molecule has 1 aliphatic rings. The third kappa shape index (κ3) is 4.23. The van der Waals surface area contributed by atoms with Crippen LogP contribution in [0.3, 0.4) is 0 Å². The number of amides is 1. The number of halogens is 1. The van der Waals surface area contributed by atoms with Crippen molar-refractivity contribution < 1.29 is 13.9 Å². The zero-order valence-electron chi connectivity index (χ0n) is 16.3. The Balaban J connectivity index is 1.38. The number of anilines is 1. The van der Waals surface area contributed by atoms with Crippen LogP contribution in [0, 0.1) is 5.82 Å². The molecule has 150 valence electrons. The summed E-state index contributed by atoms with van der Waals surface area (Å²) in [7, 11) is 0. The molecule has 1 amide bonds. The fourth-order valence-corrected chi connectivity index (χ4v) is 3.45. The van der Waals surface area contributed by atoms with Gasteiger partial charge in [-0.2, -0.15) is 5.10 Å². The fraction of sp³-hybridized carbons (Fsp3) is 0.273. The number of hydrogen-bond donors (Lipinski definition) is 0. The van der Waals surface area contributed by atoms with Gasteiger partial charge in [0.15, 0.2) is 5.69 Å². The van der Waals surface area contributed by atoms with Crippen LogP contribution < -0.4 is 9.64 Å². The Bertz CT molecular complexity index is 978. The summed E-state index contributed by atoms with van der Waals surface area (Å²) in [5.74, 6) is 0.418. The van der Waals surface area contributed by atoms with Crippen molar-refractivity contribution >= 4 is 11.6 Å². The molecule has 0 aliphatic carbocycles. The van der Waals surface area contributed by atoms with E-state index >= 15 is 0 Å². The van der Waals surface area contributed by atoms with E-state index in [-0.39, 0.29) is 11.7 Å². The van der Waals surface area contributed by atoms with Gasteiger partial charge in [0.25, 0.3) is 5.91 Å². The van der Waals surface area contributed by atoms with Crippen molar-refractivity contribution in [1.82, 2.24) is 14.7 Å². The van der Waals surface area contributed by atoms with Crippen molar-refractivity contribution in [2.75, 3.05) is 37.7 Å². The van der Waals surface area contributed by atoms with Crippen LogP contribution in [0.4, 0.5) is 10.1 Å². The zero-order valence-corrected chi connectivity index (χ0v) is 16.3. The summed E-state index contributed by atoms with van der Waals surface area (Å²) < 4.78 is 20.4. The molecule has 1 aromatic heterocycles. The first kappa shape index (κ1) is 19.0. The van der Waals surface area contributed by atoms with E-state index < -0.39 is 0 Å². The summed E-state index contributed by atoms with van der Waals surface area (Å²) in [6.45, 7) is 5.37. The molecule has 4 rings (SSSR count). The minimum absolute atomic E-state index is 0.105. The minimum atomic E-state index is -0.337. The van der Waals surface area contributed by atoms with Gasteiger partial charge in [0.2, 0.25) is 0 Å². The Hall–Kier alpha value is -3.35. The maximum Gasteiger partial charge on any atom is 0.274 e. The lowest BCUT2D eigenvalue weighted by Gasteiger charge is -2.35. The van der Waals surface area contributed by atoms with Crippen LogP contribution in [0.5, 0.6) is 5.75 Å². The average Bonchev–Trinajstić information content (AvgIpc) is 3.25. The molecule has 0 radical (unpaired) electrons. The first-order valence-corrected chi connectivity index (χ1v) is 9.73. The van der Waals surface area contributed by atoms with Crippen LogP contribution in [0.25, 0.3) is 5.69 Å². The highest BCUT2D eigenvalue weighted by atomic mass is 19.1. The van der Waals surface area contributed by atoms with Gasteiger partial charge in [0, 0.05) is 38.1 Å². The highest BCUT2D eigenvalue weighted by molar-refractivity contribution is 5.92. The molecule has 0 spiro atoms. The molecular weight excluding hydrogens is 371 g/mol. The predicted octanol–water partition coefficient (Wildman–Crippen LogP) is 3.37. The number of hydrogen-bond acceptors (Lipinski definition) is 4. The number of aromatic nitrogens is 2. The van der Waals surface area contributed by atoms with Gasteiger partial charge < -0.3 is 14.5 Å². The van der Waals surface area contributed by atoms with Crippen molar-refractivity contribution in [3.63, 3.8) is 0 Å². The number of nitrogens with zero attached hydrogens (tertiary/aromatic N) is 4. The summed E-state index contributed by atoms with van der Waals surface area (Å²) in [4.78, 5) is 16.9. The fourth-order valence-electron chi connectivity index (χ4n) is 3.45. The molecule has 0 unspecified atom stereocenters. The van der Waals surface area contributed by atoms with Crippen molar-refractivity contribution in [3.8, 4) is 11.4 Å². The first-order chi connectivity index (χ1) is 14.1. The molecule has 3 aromatic rings. The summed E-state index contributed by atoms with van der Waals surface area (Å²) in [6, 6.07) is 15.8. The summed E-state index contributed by atoms with van der Waals surface area (Å²) in [5.41, 5.74) is 2.07. The van der Waals surface area contributed by atoms with Crippen LogP contribution in [0.1, 0.15) is 17.4 Å². The van der Waals surface area contributed by atoms with E-state index in [1.807, 2.05) is 36.1 Å². The number of piperazine rings is 1. The second kappa shape index (κ2) is 8.34. The molecule has 0 atom stereocenters. The third-order valence-electron chi connectivity index (χ3n) is 4.96. The molecule has 29 heavy (non-hydrogen) atoms. The van der Waals surface area contributed by atoms with Crippen LogP contribution in [0.15, 0.2) is 60.8 Å². The van der Waals surface area contributed by atoms with Crippen molar-refractivity contribution in [2.24, 2.45) is 0 Å². The standard InChI is InChI=1S/C22H23FN4O2/c1-2-29-20-8-6-18(7-9-20)25-12-14-26(15-13-25)22(28)21-10-11-27(24-21)19-5-3-4-17(23)16-19/h3-11,16H,2,12-15H2,1H3. The molecular formula is C22H23FN4O2. The normalized spacial score (nSPS) is 14.1. The highest BCUT2D eigenvalue weighted by Gasteiger charge is 2.24. The van der Waals surface area contributed by atoms with Crippen LogP contribution >= 0.6 is 0 Å². The largest absolute Gasteiger partial charge is 0.494 e. The van der Waals surface area contributed by atoms with E-state index in [4.69, 9.17) is 4.74 Å². The second-order valence-electron chi connectivity index (χ2n) is 6.83. The molecule has 7 heteroatoms.